The highest BCUT2D eigenvalue weighted by atomic mass is 15.1. The maximum absolute atomic E-state index is 2.60. The Morgan fingerprint density at radius 1 is 0.821 bits per heavy atom. The summed E-state index contributed by atoms with van der Waals surface area (Å²) >= 11 is 0. The van der Waals surface area contributed by atoms with Gasteiger partial charge in [0, 0.05) is 12.5 Å². The molecule has 1 aliphatic carbocycles. The van der Waals surface area contributed by atoms with Gasteiger partial charge in [-0.15, -0.1) is 0 Å². The topological polar surface area (TPSA) is 3.88 Å². The molecular formula is C27H30N+. The van der Waals surface area contributed by atoms with Gasteiger partial charge in [-0.25, -0.2) is 0 Å². The van der Waals surface area contributed by atoms with E-state index in [9.17, 15) is 0 Å². The molecule has 2 atom stereocenters. The van der Waals surface area contributed by atoms with E-state index in [0.29, 0.717) is 0 Å². The summed E-state index contributed by atoms with van der Waals surface area (Å²) in [6, 6.07) is 18.4. The summed E-state index contributed by atoms with van der Waals surface area (Å²) in [6.45, 7) is 6.97. The number of allylic oxidation sites excluding steroid dienone is 2. The molecule has 2 aliphatic rings. The van der Waals surface area contributed by atoms with Crippen LogP contribution in [0, 0.1) is 0 Å². The molecule has 28 heavy (non-hydrogen) atoms. The standard InChI is InChI=1S/C27H30N/c1-4-7-11-20-12-10-14-22-21(20)16-19-28-25(22)23-13-8-9-15-24(23)26(5-2)17-18-27(26,28)6-3/h8-10,12-19H,4-7,11H2,1-3H3/q+1. The monoisotopic (exact) mass is 368 g/mol. The Balaban J connectivity index is 1.87. The molecule has 3 aromatic rings. The van der Waals surface area contributed by atoms with Gasteiger partial charge in [0.1, 0.15) is 0 Å². The normalized spacial score (nSPS) is 24.4. The summed E-state index contributed by atoms with van der Waals surface area (Å²) in [4.78, 5) is 0. The first-order valence-electron chi connectivity index (χ1n) is 11.0. The van der Waals surface area contributed by atoms with Gasteiger partial charge in [-0.3, -0.25) is 0 Å². The molecule has 2 unspecified atom stereocenters. The highest BCUT2D eigenvalue weighted by molar-refractivity contribution is 5.96. The fourth-order valence-electron chi connectivity index (χ4n) is 5.95. The fourth-order valence-corrected chi connectivity index (χ4v) is 5.95. The quantitative estimate of drug-likeness (QED) is 0.359. The maximum atomic E-state index is 2.60. The Morgan fingerprint density at radius 2 is 1.68 bits per heavy atom. The zero-order valence-corrected chi connectivity index (χ0v) is 17.3. The van der Waals surface area contributed by atoms with Crippen molar-refractivity contribution >= 4 is 10.8 Å². The van der Waals surface area contributed by atoms with E-state index in [4.69, 9.17) is 0 Å². The van der Waals surface area contributed by atoms with E-state index in [1.54, 1.807) is 0 Å². The van der Waals surface area contributed by atoms with Gasteiger partial charge in [0.25, 0.3) is 0 Å². The average Bonchev–Trinajstić information content (AvgIpc) is 2.72. The fraction of sp³-hybridized carbons (Fsp3) is 0.370. The third-order valence-electron chi connectivity index (χ3n) is 7.49. The molecule has 0 fully saturated rings. The lowest BCUT2D eigenvalue weighted by Crippen LogP contribution is -2.72. The SMILES string of the molecule is CCCCc1cccc2c3[n+](ccc12)C1(CC)C=CC1(CC)c1ccccc1-3. The molecule has 1 heteroatoms. The summed E-state index contributed by atoms with van der Waals surface area (Å²) in [7, 11) is 0. The van der Waals surface area contributed by atoms with Crippen LogP contribution in [0.25, 0.3) is 22.0 Å². The highest BCUT2D eigenvalue weighted by Crippen LogP contribution is 2.57. The second kappa shape index (κ2) is 6.30. The molecule has 1 aliphatic heterocycles. The molecule has 142 valence electrons. The number of pyridine rings is 1. The Bertz CT molecular complexity index is 1090. The van der Waals surface area contributed by atoms with Gasteiger partial charge >= 0.3 is 0 Å². The van der Waals surface area contributed by atoms with Crippen molar-refractivity contribution in [1.29, 1.82) is 0 Å². The van der Waals surface area contributed by atoms with Gasteiger partial charge in [0.2, 0.25) is 5.69 Å². The first-order valence-corrected chi connectivity index (χ1v) is 11.0. The minimum absolute atomic E-state index is 0.0546. The van der Waals surface area contributed by atoms with Crippen LogP contribution in [-0.4, -0.2) is 0 Å². The van der Waals surface area contributed by atoms with Crippen molar-refractivity contribution in [3.8, 4) is 11.3 Å². The lowest BCUT2D eigenvalue weighted by molar-refractivity contribution is -0.758. The van der Waals surface area contributed by atoms with Crippen molar-refractivity contribution in [2.45, 2.75) is 63.8 Å². The molecule has 0 bridgehead atoms. The molecule has 5 rings (SSSR count). The Labute approximate surface area is 168 Å². The first-order chi connectivity index (χ1) is 13.7. The lowest BCUT2D eigenvalue weighted by atomic mass is 9.52. The van der Waals surface area contributed by atoms with Crippen molar-refractivity contribution in [3.05, 3.63) is 78.0 Å². The van der Waals surface area contributed by atoms with Gasteiger partial charge in [-0.2, -0.15) is 4.57 Å². The molecule has 2 aromatic carbocycles. The summed E-state index contributed by atoms with van der Waals surface area (Å²) in [6.07, 6.45) is 13.2. The van der Waals surface area contributed by atoms with Crippen LogP contribution in [0.5, 0.6) is 0 Å². The number of fused-ring (bicyclic) bond motifs is 8. The van der Waals surface area contributed by atoms with Crippen molar-refractivity contribution in [2.24, 2.45) is 0 Å². The van der Waals surface area contributed by atoms with Crippen LogP contribution in [0.3, 0.4) is 0 Å². The van der Waals surface area contributed by atoms with Crippen molar-refractivity contribution in [1.82, 2.24) is 0 Å². The molecule has 0 saturated heterocycles. The Morgan fingerprint density at radius 3 is 2.39 bits per heavy atom. The number of aromatic nitrogens is 1. The van der Waals surface area contributed by atoms with Crippen molar-refractivity contribution in [3.63, 3.8) is 0 Å². The number of aryl methyl sites for hydroxylation is 1. The first kappa shape index (κ1) is 17.7. The number of nitrogens with zero attached hydrogens (tertiary/aromatic N) is 1. The summed E-state index contributed by atoms with van der Waals surface area (Å²) < 4.78 is 2.60. The molecule has 2 heterocycles. The second-order valence-electron chi connectivity index (χ2n) is 8.50. The van der Waals surface area contributed by atoms with Gasteiger partial charge in [0.05, 0.1) is 16.4 Å². The van der Waals surface area contributed by atoms with E-state index < -0.39 is 0 Å². The predicted octanol–water partition coefficient (Wildman–Crippen LogP) is 6.47. The number of hydrogen-bond donors (Lipinski definition) is 0. The zero-order chi connectivity index (χ0) is 19.4. The number of benzene rings is 2. The van der Waals surface area contributed by atoms with Crippen LogP contribution in [0.15, 0.2) is 66.9 Å². The van der Waals surface area contributed by atoms with Crippen molar-refractivity contribution < 1.29 is 4.57 Å². The molecule has 0 N–H and O–H groups in total. The minimum Gasteiger partial charge on any atom is -0.187 e. The van der Waals surface area contributed by atoms with E-state index in [1.807, 2.05) is 0 Å². The molecule has 1 nitrogen and oxygen atoms in total. The van der Waals surface area contributed by atoms with Crippen LogP contribution in [0.2, 0.25) is 0 Å². The van der Waals surface area contributed by atoms with Crippen LogP contribution >= 0.6 is 0 Å². The largest absolute Gasteiger partial charge is 0.221 e. The average molecular weight is 369 g/mol. The van der Waals surface area contributed by atoms with E-state index in [-0.39, 0.29) is 11.0 Å². The van der Waals surface area contributed by atoms with E-state index >= 15 is 0 Å². The zero-order valence-electron chi connectivity index (χ0n) is 17.3. The van der Waals surface area contributed by atoms with Crippen LogP contribution in [0.1, 0.15) is 57.6 Å². The van der Waals surface area contributed by atoms with Gasteiger partial charge < -0.3 is 0 Å². The van der Waals surface area contributed by atoms with E-state index in [1.165, 1.54) is 46.0 Å². The summed E-state index contributed by atoms with van der Waals surface area (Å²) in [5.41, 5.74) is 5.98. The highest BCUT2D eigenvalue weighted by Gasteiger charge is 2.64. The Kier molecular flexibility index (Phi) is 3.98. The third-order valence-corrected chi connectivity index (χ3v) is 7.49. The molecule has 0 spiro atoms. The maximum Gasteiger partial charge on any atom is 0.221 e. The molecule has 0 amide bonds. The molecule has 0 saturated carbocycles. The van der Waals surface area contributed by atoms with Crippen molar-refractivity contribution in [2.75, 3.05) is 0 Å². The van der Waals surface area contributed by atoms with Crippen LogP contribution in [0.4, 0.5) is 0 Å². The number of unbranched alkanes of at least 4 members (excludes halogenated alkanes) is 1. The van der Waals surface area contributed by atoms with E-state index in [0.717, 1.165) is 19.3 Å². The molecule has 0 radical (unpaired) electrons. The molecule has 1 aromatic heterocycles. The Hall–Kier alpha value is -2.41. The molecular weight excluding hydrogens is 338 g/mol. The second-order valence-corrected chi connectivity index (χ2v) is 8.50. The van der Waals surface area contributed by atoms with Crippen LogP contribution in [-0.2, 0) is 17.4 Å². The van der Waals surface area contributed by atoms with Gasteiger partial charge in [-0.1, -0.05) is 63.6 Å². The van der Waals surface area contributed by atoms with E-state index in [2.05, 4.69) is 92.2 Å². The van der Waals surface area contributed by atoms with Gasteiger partial charge in [-0.05, 0) is 54.0 Å². The van der Waals surface area contributed by atoms with Crippen LogP contribution < -0.4 is 4.57 Å². The third kappa shape index (κ3) is 2.00. The smallest absolute Gasteiger partial charge is 0.187 e. The number of rotatable bonds is 5. The number of hydrogen-bond acceptors (Lipinski definition) is 0. The summed E-state index contributed by atoms with van der Waals surface area (Å²) in [5.74, 6) is 0. The predicted molar refractivity (Wildman–Crippen MR) is 118 cm³/mol. The lowest BCUT2D eigenvalue weighted by Gasteiger charge is -2.52. The summed E-state index contributed by atoms with van der Waals surface area (Å²) in [5, 5.41) is 2.83. The minimum atomic E-state index is 0.0546. The van der Waals surface area contributed by atoms with Gasteiger partial charge in [0.15, 0.2) is 11.7 Å².